The van der Waals surface area contributed by atoms with Gasteiger partial charge in [0.05, 0.1) is 0 Å². The highest BCUT2D eigenvalue weighted by Gasteiger charge is 2.33. The normalized spacial score (nSPS) is 32.5. The number of hydrogen-bond acceptors (Lipinski definition) is 4. The van der Waals surface area contributed by atoms with Gasteiger partial charge in [0.1, 0.15) is 0 Å². The van der Waals surface area contributed by atoms with E-state index in [1.165, 1.54) is 45.6 Å². The Kier molecular flexibility index (Phi) is 5.15. The summed E-state index contributed by atoms with van der Waals surface area (Å²) < 4.78 is 0. The highest BCUT2D eigenvalue weighted by molar-refractivity contribution is 7.99. The van der Waals surface area contributed by atoms with E-state index in [0.717, 1.165) is 17.3 Å². The van der Waals surface area contributed by atoms with E-state index in [1.54, 1.807) is 0 Å². The van der Waals surface area contributed by atoms with Gasteiger partial charge in [-0.2, -0.15) is 11.8 Å². The van der Waals surface area contributed by atoms with Crippen molar-refractivity contribution in [3.8, 4) is 0 Å². The third kappa shape index (κ3) is 3.16. The van der Waals surface area contributed by atoms with Crippen molar-refractivity contribution >= 4 is 11.8 Å². The zero-order valence-electron chi connectivity index (χ0n) is 11.5. The molecule has 0 aliphatic carbocycles. The first-order valence-electron chi connectivity index (χ1n) is 6.94. The van der Waals surface area contributed by atoms with Gasteiger partial charge in [-0.05, 0) is 45.8 Å². The minimum absolute atomic E-state index is 0.739. The number of hydrogen-bond donors (Lipinski definition) is 1. The second-order valence-corrected chi connectivity index (χ2v) is 6.41. The summed E-state index contributed by atoms with van der Waals surface area (Å²) in [5.74, 6) is 0. The van der Waals surface area contributed by atoms with Crippen LogP contribution in [-0.2, 0) is 0 Å². The molecule has 0 aromatic heterocycles. The van der Waals surface area contributed by atoms with Gasteiger partial charge in [-0.15, -0.1) is 0 Å². The molecule has 0 bridgehead atoms. The molecule has 2 aliphatic heterocycles. The van der Waals surface area contributed by atoms with Crippen LogP contribution in [-0.4, -0.2) is 73.2 Å². The Bertz CT molecular complexity index is 229. The van der Waals surface area contributed by atoms with Gasteiger partial charge >= 0.3 is 0 Å². The largest absolute Gasteiger partial charge is 0.314 e. The van der Waals surface area contributed by atoms with Crippen LogP contribution in [0.15, 0.2) is 0 Å². The summed E-state index contributed by atoms with van der Waals surface area (Å²) in [5, 5.41) is 4.32. The molecule has 0 aromatic carbocycles. The number of thioether (sulfide) groups is 1. The fraction of sp³-hybridized carbons (Fsp3) is 1.00. The van der Waals surface area contributed by atoms with Crippen molar-refractivity contribution in [2.45, 2.75) is 37.1 Å². The molecule has 2 heterocycles. The van der Waals surface area contributed by atoms with Crippen molar-refractivity contribution in [3.63, 3.8) is 0 Å². The first-order chi connectivity index (χ1) is 8.26. The third-order valence-corrected chi connectivity index (χ3v) is 5.62. The van der Waals surface area contributed by atoms with Gasteiger partial charge in [0.25, 0.3) is 0 Å². The second kappa shape index (κ2) is 6.41. The summed E-state index contributed by atoms with van der Waals surface area (Å²) in [7, 11) is 2.34. The van der Waals surface area contributed by atoms with Crippen molar-refractivity contribution in [2.75, 3.05) is 46.0 Å². The molecule has 0 radical (unpaired) electrons. The molecule has 2 unspecified atom stereocenters. The molecule has 0 spiro atoms. The molecule has 4 heteroatoms. The summed E-state index contributed by atoms with van der Waals surface area (Å²) in [4.78, 5) is 5.23. The van der Waals surface area contributed by atoms with Crippen LogP contribution in [0.25, 0.3) is 0 Å². The van der Waals surface area contributed by atoms with Crippen molar-refractivity contribution in [3.05, 3.63) is 0 Å². The van der Waals surface area contributed by atoms with Gasteiger partial charge in [0.2, 0.25) is 0 Å². The number of rotatable bonds is 4. The molecule has 0 amide bonds. The standard InChI is InChI=1S/C13H27N3S/c1-4-16-7-5-11(6-8-16)15(2)12-9-14-10-13(12)17-3/h11-14H,4-10H2,1-3H3. The summed E-state index contributed by atoms with van der Waals surface area (Å²) in [6.07, 6.45) is 4.95. The van der Waals surface area contributed by atoms with Crippen LogP contribution in [0.1, 0.15) is 19.8 Å². The van der Waals surface area contributed by atoms with E-state index < -0.39 is 0 Å². The molecule has 3 nitrogen and oxygen atoms in total. The Morgan fingerprint density at radius 2 is 2.00 bits per heavy atom. The van der Waals surface area contributed by atoms with Crippen molar-refractivity contribution < 1.29 is 0 Å². The second-order valence-electron chi connectivity index (χ2n) is 5.33. The van der Waals surface area contributed by atoms with E-state index in [0.29, 0.717) is 0 Å². The van der Waals surface area contributed by atoms with Crippen LogP contribution in [0.5, 0.6) is 0 Å². The Morgan fingerprint density at radius 3 is 2.59 bits per heavy atom. The lowest BCUT2D eigenvalue weighted by atomic mass is 10.0. The van der Waals surface area contributed by atoms with E-state index in [9.17, 15) is 0 Å². The molecule has 2 rings (SSSR count). The number of likely N-dealkylation sites (tertiary alicyclic amines) is 1. The van der Waals surface area contributed by atoms with Crippen LogP contribution in [0.3, 0.4) is 0 Å². The van der Waals surface area contributed by atoms with Crippen LogP contribution >= 0.6 is 11.8 Å². The summed E-state index contributed by atoms with van der Waals surface area (Å²) >= 11 is 2.02. The zero-order valence-corrected chi connectivity index (χ0v) is 12.3. The average Bonchev–Trinajstić information content (AvgIpc) is 2.86. The minimum atomic E-state index is 0.739. The van der Waals surface area contributed by atoms with Gasteiger partial charge in [-0.1, -0.05) is 6.92 Å². The average molecular weight is 257 g/mol. The Morgan fingerprint density at radius 1 is 1.29 bits per heavy atom. The van der Waals surface area contributed by atoms with Crippen molar-refractivity contribution in [1.29, 1.82) is 0 Å². The smallest absolute Gasteiger partial charge is 0.0351 e. The van der Waals surface area contributed by atoms with E-state index in [-0.39, 0.29) is 0 Å². The van der Waals surface area contributed by atoms with Gasteiger partial charge in [0.15, 0.2) is 0 Å². The Hall–Kier alpha value is 0.230. The summed E-state index contributed by atoms with van der Waals surface area (Å²) in [5.41, 5.74) is 0. The summed E-state index contributed by atoms with van der Waals surface area (Å²) in [6, 6.07) is 1.54. The topological polar surface area (TPSA) is 18.5 Å². The van der Waals surface area contributed by atoms with Crippen molar-refractivity contribution in [2.24, 2.45) is 0 Å². The first kappa shape index (κ1) is 13.7. The molecule has 100 valence electrons. The highest BCUT2D eigenvalue weighted by atomic mass is 32.2. The Balaban J connectivity index is 1.85. The van der Waals surface area contributed by atoms with Crippen LogP contribution in [0, 0.1) is 0 Å². The van der Waals surface area contributed by atoms with E-state index in [4.69, 9.17) is 0 Å². The fourth-order valence-electron chi connectivity index (χ4n) is 3.20. The fourth-order valence-corrected chi connectivity index (χ4v) is 4.09. The number of likely N-dealkylation sites (N-methyl/N-ethyl adjacent to an activating group) is 1. The molecule has 2 aliphatic rings. The quantitative estimate of drug-likeness (QED) is 0.813. The van der Waals surface area contributed by atoms with Gasteiger partial charge in [0, 0.05) is 30.4 Å². The maximum atomic E-state index is 3.54. The lowest BCUT2D eigenvalue weighted by Crippen LogP contribution is -2.50. The van der Waals surface area contributed by atoms with E-state index >= 15 is 0 Å². The number of nitrogens with zero attached hydrogens (tertiary/aromatic N) is 2. The number of piperidine rings is 1. The Labute approximate surface area is 110 Å². The maximum Gasteiger partial charge on any atom is 0.0351 e. The van der Waals surface area contributed by atoms with Gasteiger partial charge in [-0.25, -0.2) is 0 Å². The molecular formula is C13H27N3S. The molecule has 2 fully saturated rings. The molecule has 0 aromatic rings. The first-order valence-corrected chi connectivity index (χ1v) is 8.22. The van der Waals surface area contributed by atoms with Crippen molar-refractivity contribution in [1.82, 2.24) is 15.1 Å². The lowest BCUT2D eigenvalue weighted by molar-refractivity contribution is 0.106. The van der Waals surface area contributed by atoms with E-state index in [1.807, 2.05) is 11.8 Å². The number of nitrogens with one attached hydrogen (secondary N) is 1. The monoisotopic (exact) mass is 257 g/mol. The predicted octanol–water partition coefficient (Wildman–Crippen LogP) is 1.11. The maximum absolute atomic E-state index is 3.54. The minimum Gasteiger partial charge on any atom is -0.314 e. The molecule has 1 N–H and O–H groups in total. The third-order valence-electron chi connectivity index (χ3n) is 4.53. The lowest BCUT2D eigenvalue weighted by Gasteiger charge is -2.40. The predicted molar refractivity (Wildman–Crippen MR) is 76.9 cm³/mol. The van der Waals surface area contributed by atoms with Gasteiger partial charge in [-0.3, -0.25) is 4.90 Å². The summed E-state index contributed by atoms with van der Waals surface area (Å²) in [6.45, 7) is 8.43. The van der Waals surface area contributed by atoms with Gasteiger partial charge < -0.3 is 10.2 Å². The SMILES string of the molecule is CCN1CCC(N(C)C2CNCC2SC)CC1. The molecule has 2 atom stereocenters. The molecule has 2 saturated heterocycles. The molecule has 0 saturated carbocycles. The van der Waals surface area contributed by atoms with Crippen LogP contribution in [0.4, 0.5) is 0 Å². The molecule has 17 heavy (non-hydrogen) atoms. The molecular weight excluding hydrogens is 230 g/mol. The zero-order chi connectivity index (χ0) is 12.3. The van der Waals surface area contributed by atoms with Crippen LogP contribution < -0.4 is 5.32 Å². The van der Waals surface area contributed by atoms with E-state index in [2.05, 4.69) is 35.3 Å². The van der Waals surface area contributed by atoms with Crippen LogP contribution in [0.2, 0.25) is 0 Å². The highest BCUT2D eigenvalue weighted by Crippen LogP contribution is 2.24.